The Morgan fingerprint density at radius 3 is 2.65 bits per heavy atom. The van der Waals surface area contributed by atoms with E-state index in [1.807, 2.05) is 0 Å². The van der Waals surface area contributed by atoms with Crippen molar-refractivity contribution in [3.8, 4) is 11.5 Å². The van der Waals surface area contributed by atoms with Gasteiger partial charge in [0.1, 0.15) is 0 Å². The molecular formula is C15H15BrO4. The minimum absolute atomic E-state index is 0.0153. The fraction of sp³-hybridized carbons (Fsp3) is 0.333. The van der Waals surface area contributed by atoms with Crippen molar-refractivity contribution >= 4 is 27.5 Å². The van der Waals surface area contributed by atoms with Gasteiger partial charge in [-0.3, -0.25) is 9.59 Å². The number of aromatic hydroxyl groups is 1. The highest BCUT2D eigenvalue weighted by atomic mass is 79.9. The number of allylic oxidation sites excluding steroid dienone is 2. The number of carbonyl (C=O) groups is 2. The van der Waals surface area contributed by atoms with Gasteiger partial charge in [-0.05, 0) is 40.4 Å². The van der Waals surface area contributed by atoms with E-state index in [1.165, 1.54) is 13.2 Å². The Morgan fingerprint density at radius 1 is 1.35 bits per heavy atom. The zero-order valence-corrected chi connectivity index (χ0v) is 12.9. The Labute approximate surface area is 125 Å². The zero-order valence-electron chi connectivity index (χ0n) is 11.3. The maximum absolute atomic E-state index is 12.1. The molecule has 0 spiro atoms. The molecular weight excluding hydrogens is 324 g/mol. The quantitative estimate of drug-likeness (QED) is 0.913. The van der Waals surface area contributed by atoms with Crippen LogP contribution in [-0.2, 0) is 6.42 Å². The SMILES string of the molecule is CCCCc1cc2c(c(O)c1OC)C(=O)C(Br)=CC2=O. The van der Waals surface area contributed by atoms with E-state index in [0.717, 1.165) is 18.4 Å². The number of carbonyl (C=O) groups excluding carboxylic acids is 2. The van der Waals surface area contributed by atoms with Crippen LogP contribution in [0.4, 0.5) is 0 Å². The van der Waals surface area contributed by atoms with Crippen LogP contribution in [0.15, 0.2) is 16.6 Å². The van der Waals surface area contributed by atoms with Crippen LogP contribution >= 0.6 is 15.9 Å². The Balaban J connectivity index is 2.64. The van der Waals surface area contributed by atoms with Gasteiger partial charge in [0.2, 0.25) is 5.78 Å². The van der Waals surface area contributed by atoms with Crippen molar-refractivity contribution < 1.29 is 19.4 Å². The molecule has 0 radical (unpaired) electrons. The van der Waals surface area contributed by atoms with Gasteiger partial charge in [0.15, 0.2) is 17.3 Å². The average molecular weight is 339 g/mol. The molecule has 0 unspecified atom stereocenters. The molecule has 2 rings (SSSR count). The maximum Gasteiger partial charge on any atom is 0.204 e. The van der Waals surface area contributed by atoms with Gasteiger partial charge >= 0.3 is 0 Å². The third kappa shape index (κ3) is 2.38. The molecule has 0 aromatic heterocycles. The van der Waals surface area contributed by atoms with E-state index < -0.39 is 5.78 Å². The molecule has 0 aliphatic heterocycles. The van der Waals surface area contributed by atoms with Crippen molar-refractivity contribution in [2.75, 3.05) is 7.11 Å². The number of Topliss-reactive ketones (excluding diaryl/α,β-unsaturated/α-hetero) is 1. The first kappa shape index (κ1) is 14.8. The van der Waals surface area contributed by atoms with Crippen LogP contribution in [0, 0.1) is 0 Å². The number of phenols is 1. The van der Waals surface area contributed by atoms with Crippen LogP contribution in [0.5, 0.6) is 11.5 Å². The molecule has 0 saturated heterocycles. The van der Waals surface area contributed by atoms with E-state index in [2.05, 4.69) is 22.9 Å². The van der Waals surface area contributed by atoms with E-state index in [9.17, 15) is 14.7 Å². The number of aryl methyl sites for hydroxylation is 1. The summed E-state index contributed by atoms with van der Waals surface area (Å²) < 4.78 is 5.36. The lowest BCUT2D eigenvalue weighted by Crippen LogP contribution is -2.16. The molecule has 1 aromatic rings. The van der Waals surface area contributed by atoms with Gasteiger partial charge in [-0.15, -0.1) is 0 Å². The minimum atomic E-state index is -0.405. The van der Waals surface area contributed by atoms with Crippen LogP contribution in [-0.4, -0.2) is 23.8 Å². The van der Waals surface area contributed by atoms with Gasteiger partial charge < -0.3 is 9.84 Å². The second kappa shape index (κ2) is 5.79. The number of fused-ring (bicyclic) bond motifs is 1. The monoisotopic (exact) mass is 338 g/mol. The number of halogens is 1. The van der Waals surface area contributed by atoms with Gasteiger partial charge in [-0.1, -0.05) is 13.3 Å². The maximum atomic E-state index is 12.1. The fourth-order valence-electron chi connectivity index (χ4n) is 2.29. The minimum Gasteiger partial charge on any atom is -0.504 e. The summed E-state index contributed by atoms with van der Waals surface area (Å²) in [6, 6.07) is 1.65. The summed E-state index contributed by atoms with van der Waals surface area (Å²) >= 11 is 3.04. The molecule has 106 valence electrons. The highest BCUT2D eigenvalue weighted by Crippen LogP contribution is 2.40. The Hall–Kier alpha value is -1.62. The normalized spacial score (nSPS) is 14.1. The zero-order chi connectivity index (χ0) is 14.9. The summed E-state index contributed by atoms with van der Waals surface area (Å²) in [4.78, 5) is 24.1. The molecule has 1 aromatic carbocycles. The molecule has 0 atom stereocenters. The summed E-state index contributed by atoms with van der Waals surface area (Å²) in [5, 5.41) is 10.3. The van der Waals surface area contributed by atoms with Gasteiger partial charge in [-0.25, -0.2) is 0 Å². The van der Waals surface area contributed by atoms with E-state index in [0.29, 0.717) is 6.42 Å². The second-order valence-electron chi connectivity index (χ2n) is 4.63. The number of methoxy groups -OCH3 is 1. The Kier molecular flexibility index (Phi) is 4.28. The van der Waals surface area contributed by atoms with Gasteiger partial charge in [0, 0.05) is 11.6 Å². The standard InChI is InChI=1S/C15H15BrO4/c1-3-4-5-8-6-9-11(17)7-10(16)13(18)12(9)14(19)15(8)20-2/h6-7,19H,3-5H2,1-2H3. The number of ether oxygens (including phenoxy) is 1. The Morgan fingerprint density at radius 2 is 2.05 bits per heavy atom. The highest BCUT2D eigenvalue weighted by Gasteiger charge is 2.30. The van der Waals surface area contributed by atoms with Crippen molar-refractivity contribution in [3.05, 3.63) is 33.3 Å². The number of hydrogen-bond acceptors (Lipinski definition) is 4. The van der Waals surface area contributed by atoms with Gasteiger partial charge in [0.25, 0.3) is 0 Å². The smallest absolute Gasteiger partial charge is 0.204 e. The van der Waals surface area contributed by atoms with Crippen LogP contribution in [0.25, 0.3) is 0 Å². The first-order chi connectivity index (χ1) is 9.51. The van der Waals surface area contributed by atoms with Crippen LogP contribution in [0.1, 0.15) is 46.0 Å². The third-order valence-electron chi connectivity index (χ3n) is 3.30. The number of benzene rings is 1. The van der Waals surface area contributed by atoms with E-state index in [1.54, 1.807) is 6.07 Å². The molecule has 0 fully saturated rings. The summed E-state index contributed by atoms with van der Waals surface area (Å²) in [6.07, 6.45) is 3.82. The van der Waals surface area contributed by atoms with Crippen LogP contribution in [0.2, 0.25) is 0 Å². The lowest BCUT2D eigenvalue weighted by atomic mass is 9.90. The molecule has 1 aliphatic carbocycles. The molecule has 1 aliphatic rings. The molecule has 20 heavy (non-hydrogen) atoms. The van der Waals surface area contributed by atoms with Crippen molar-refractivity contribution in [2.45, 2.75) is 26.2 Å². The van der Waals surface area contributed by atoms with Gasteiger partial charge in [-0.2, -0.15) is 0 Å². The predicted octanol–water partition coefficient (Wildman–Crippen LogP) is 3.40. The lowest BCUT2D eigenvalue weighted by molar-refractivity contribution is 0.0988. The second-order valence-corrected chi connectivity index (χ2v) is 5.48. The van der Waals surface area contributed by atoms with Gasteiger partial charge in [0.05, 0.1) is 17.2 Å². The molecule has 5 heteroatoms. The molecule has 0 heterocycles. The number of ketones is 2. The first-order valence-electron chi connectivity index (χ1n) is 6.40. The first-order valence-corrected chi connectivity index (χ1v) is 7.19. The van der Waals surface area contributed by atoms with Crippen molar-refractivity contribution in [1.29, 1.82) is 0 Å². The summed E-state index contributed by atoms with van der Waals surface area (Å²) in [5.74, 6) is -0.667. The van der Waals surface area contributed by atoms with Crippen molar-refractivity contribution in [2.24, 2.45) is 0 Å². The van der Waals surface area contributed by atoms with Crippen LogP contribution in [0.3, 0.4) is 0 Å². The lowest BCUT2D eigenvalue weighted by Gasteiger charge is -2.18. The summed E-state index contributed by atoms with van der Waals surface area (Å²) in [5.41, 5.74) is 1.00. The topological polar surface area (TPSA) is 63.6 Å². The summed E-state index contributed by atoms with van der Waals surface area (Å²) in [7, 11) is 1.44. The number of hydrogen-bond donors (Lipinski definition) is 1. The Bertz CT molecular complexity index is 617. The number of unbranched alkanes of at least 4 members (excludes halogenated alkanes) is 1. The molecule has 0 bridgehead atoms. The van der Waals surface area contributed by atoms with E-state index in [4.69, 9.17) is 4.74 Å². The fourth-order valence-corrected chi connectivity index (χ4v) is 2.69. The molecule has 4 nitrogen and oxygen atoms in total. The largest absolute Gasteiger partial charge is 0.504 e. The third-order valence-corrected chi connectivity index (χ3v) is 3.89. The molecule has 0 amide bonds. The van der Waals surface area contributed by atoms with E-state index >= 15 is 0 Å². The molecule has 0 saturated carbocycles. The molecule has 1 N–H and O–H groups in total. The van der Waals surface area contributed by atoms with Crippen molar-refractivity contribution in [1.82, 2.24) is 0 Å². The number of phenolic OH excluding ortho intramolecular Hbond substituents is 1. The van der Waals surface area contributed by atoms with Crippen molar-refractivity contribution in [3.63, 3.8) is 0 Å². The predicted molar refractivity (Wildman–Crippen MR) is 78.9 cm³/mol. The highest BCUT2D eigenvalue weighted by molar-refractivity contribution is 9.12. The van der Waals surface area contributed by atoms with Crippen LogP contribution < -0.4 is 4.74 Å². The number of rotatable bonds is 4. The summed E-state index contributed by atoms with van der Waals surface area (Å²) in [6.45, 7) is 2.05. The average Bonchev–Trinajstić information content (AvgIpc) is 2.42. The van der Waals surface area contributed by atoms with E-state index in [-0.39, 0.29) is 32.9 Å².